The van der Waals surface area contributed by atoms with Crippen LogP contribution in [0.5, 0.6) is 0 Å². The molecule has 0 atom stereocenters. The molecule has 10 aromatic carbocycles. The van der Waals surface area contributed by atoms with Crippen LogP contribution in [0.4, 0.5) is 0 Å². The standard InChI is InChI=1S/C58H36N4/c1-2-12-37(13-3-1)39-24-29-45(30-25-39)61-52-21-11-8-18-47(52)48-31-26-42(35-54(48)61)43-27-32-49-55(36-43)62(53-33-28-40-15-6-7-17-46(40)56(49)53)58-57(59-50-19-9-10-20-51(50)60-58)44-23-22-38-14-4-5-16-41(38)34-44/h1-36H. The summed E-state index contributed by atoms with van der Waals surface area (Å²) in [5, 5.41) is 9.63. The third kappa shape index (κ3) is 5.33. The highest BCUT2D eigenvalue weighted by Crippen LogP contribution is 2.42. The minimum absolute atomic E-state index is 0.806. The lowest BCUT2D eigenvalue weighted by Gasteiger charge is -2.15. The third-order valence-electron chi connectivity index (χ3n) is 12.7. The Morgan fingerprint density at radius 3 is 1.66 bits per heavy atom. The highest BCUT2D eigenvalue weighted by atomic mass is 15.1. The Labute approximate surface area is 357 Å². The molecule has 13 aromatic rings. The zero-order chi connectivity index (χ0) is 40.7. The number of hydrogen-bond donors (Lipinski definition) is 0. The summed E-state index contributed by atoms with van der Waals surface area (Å²) in [4.78, 5) is 10.9. The van der Waals surface area contributed by atoms with Crippen molar-refractivity contribution in [3.63, 3.8) is 0 Å². The predicted molar refractivity (Wildman–Crippen MR) is 260 cm³/mol. The number of rotatable bonds is 5. The highest BCUT2D eigenvalue weighted by molar-refractivity contribution is 6.22. The van der Waals surface area contributed by atoms with Crippen LogP contribution in [0.25, 0.3) is 121 Å². The van der Waals surface area contributed by atoms with Gasteiger partial charge >= 0.3 is 0 Å². The van der Waals surface area contributed by atoms with Crippen molar-refractivity contribution in [3.8, 4) is 45.0 Å². The van der Waals surface area contributed by atoms with Gasteiger partial charge in [0.25, 0.3) is 0 Å². The van der Waals surface area contributed by atoms with Gasteiger partial charge < -0.3 is 4.57 Å². The summed E-state index contributed by atoms with van der Waals surface area (Å²) < 4.78 is 4.76. The van der Waals surface area contributed by atoms with Gasteiger partial charge in [0, 0.05) is 32.8 Å². The van der Waals surface area contributed by atoms with E-state index in [9.17, 15) is 0 Å². The Kier molecular flexibility index (Phi) is 7.57. The molecule has 62 heavy (non-hydrogen) atoms. The van der Waals surface area contributed by atoms with Gasteiger partial charge in [-0.2, -0.15) is 0 Å². The number of para-hydroxylation sites is 3. The minimum atomic E-state index is 0.806. The molecular weight excluding hydrogens is 753 g/mol. The van der Waals surface area contributed by atoms with E-state index >= 15 is 0 Å². The van der Waals surface area contributed by atoms with E-state index in [0.29, 0.717) is 0 Å². The summed E-state index contributed by atoms with van der Waals surface area (Å²) in [6, 6.07) is 78.6. The first-order valence-corrected chi connectivity index (χ1v) is 21.2. The van der Waals surface area contributed by atoms with Crippen molar-refractivity contribution in [1.29, 1.82) is 0 Å². The van der Waals surface area contributed by atoms with Crippen LogP contribution in [-0.2, 0) is 0 Å². The van der Waals surface area contributed by atoms with Gasteiger partial charge in [-0.3, -0.25) is 4.57 Å². The molecule has 4 heteroatoms. The molecule has 0 fully saturated rings. The zero-order valence-corrected chi connectivity index (χ0v) is 33.6. The fourth-order valence-corrected chi connectivity index (χ4v) is 9.73. The molecule has 13 rings (SSSR count). The van der Waals surface area contributed by atoms with E-state index in [1.165, 1.54) is 65.3 Å². The fraction of sp³-hybridized carbons (Fsp3) is 0. The molecule has 4 nitrogen and oxygen atoms in total. The van der Waals surface area contributed by atoms with Crippen molar-refractivity contribution in [3.05, 3.63) is 218 Å². The van der Waals surface area contributed by atoms with E-state index in [0.717, 1.165) is 56.0 Å². The van der Waals surface area contributed by atoms with Crippen molar-refractivity contribution in [1.82, 2.24) is 19.1 Å². The lowest BCUT2D eigenvalue weighted by molar-refractivity contribution is 1.08. The van der Waals surface area contributed by atoms with E-state index < -0.39 is 0 Å². The number of fused-ring (bicyclic) bond motifs is 10. The number of hydrogen-bond acceptors (Lipinski definition) is 2. The molecule has 0 aliphatic heterocycles. The Morgan fingerprint density at radius 1 is 0.290 bits per heavy atom. The molecular formula is C58H36N4. The summed E-state index contributed by atoms with van der Waals surface area (Å²) in [7, 11) is 0. The molecule has 0 unspecified atom stereocenters. The quantitative estimate of drug-likeness (QED) is 0.174. The van der Waals surface area contributed by atoms with Gasteiger partial charge in [0.15, 0.2) is 5.82 Å². The maximum Gasteiger partial charge on any atom is 0.165 e. The van der Waals surface area contributed by atoms with Gasteiger partial charge in [0.05, 0.1) is 33.1 Å². The largest absolute Gasteiger partial charge is 0.309 e. The van der Waals surface area contributed by atoms with Gasteiger partial charge in [0.2, 0.25) is 0 Å². The van der Waals surface area contributed by atoms with Crippen molar-refractivity contribution in [2.45, 2.75) is 0 Å². The van der Waals surface area contributed by atoms with Gasteiger partial charge in [-0.15, -0.1) is 0 Å². The van der Waals surface area contributed by atoms with Crippen LogP contribution in [0.2, 0.25) is 0 Å². The Balaban J connectivity index is 1.06. The van der Waals surface area contributed by atoms with E-state index in [4.69, 9.17) is 9.97 Å². The molecule has 0 N–H and O–H groups in total. The van der Waals surface area contributed by atoms with Crippen LogP contribution in [0.15, 0.2) is 218 Å². The van der Waals surface area contributed by atoms with Crippen LogP contribution in [0.1, 0.15) is 0 Å². The van der Waals surface area contributed by atoms with Gasteiger partial charge in [-0.1, -0.05) is 164 Å². The molecule has 0 saturated heterocycles. The number of nitrogens with zero attached hydrogens (tertiary/aromatic N) is 4. The smallest absolute Gasteiger partial charge is 0.165 e. The van der Waals surface area contributed by atoms with E-state index in [-0.39, 0.29) is 0 Å². The Bertz CT molecular complexity index is 3910. The summed E-state index contributed by atoms with van der Waals surface area (Å²) in [6.07, 6.45) is 0. The van der Waals surface area contributed by atoms with E-state index in [2.05, 4.69) is 215 Å². The van der Waals surface area contributed by atoms with Crippen LogP contribution in [0.3, 0.4) is 0 Å². The lowest BCUT2D eigenvalue weighted by Crippen LogP contribution is -2.04. The molecule has 0 saturated carbocycles. The van der Waals surface area contributed by atoms with Crippen LogP contribution in [0, 0.1) is 0 Å². The summed E-state index contributed by atoms with van der Waals surface area (Å²) in [5.41, 5.74) is 13.9. The fourth-order valence-electron chi connectivity index (χ4n) is 9.73. The molecule has 0 aliphatic rings. The molecule has 0 bridgehead atoms. The van der Waals surface area contributed by atoms with Gasteiger partial charge in [0.1, 0.15) is 5.69 Å². The van der Waals surface area contributed by atoms with Crippen LogP contribution in [-0.4, -0.2) is 19.1 Å². The van der Waals surface area contributed by atoms with E-state index in [1.54, 1.807) is 0 Å². The zero-order valence-electron chi connectivity index (χ0n) is 33.6. The SMILES string of the molecule is c1ccc(-c2ccc(-n3c4ccccc4c4ccc(-c5ccc6c7c8ccccc8ccc7n(-c7nc8ccccc8nc7-c7ccc8ccccc8c7)c6c5)cc43)cc2)cc1. The second kappa shape index (κ2) is 13.6. The third-order valence-corrected chi connectivity index (χ3v) is 12.7. The molecule has 0 amide bonds. The Morgan fingerprint density at radius 2 is 0.855 bits per heavy atom. The highest BCUT2D eigenvalue weighted by Gasteiger charge is 2.22. The van der Waals surface area contributed by atoms with Gasteiger partial charge in [-0.25, -0.2) is 9.97 Å². The molecule has 3 aromatic heterocycles. The van der Waals surface area contributed by atoms with Crippen molar-refractivity contribution in [2.75, 3.05) is 0 Å². The molecule has 288 valence electrons. The topological polar surface area (TPSA) is 35.6 Å². The monoisotopic (exact) mass is 788 g/mol. The second-order valence-electron chi connectivity index (χ2n) is 16.2. The normalized spacial score (nSPS) is 11.9. The maximum absolute atomic E-state index is 5.49. The number of aromatic nitrogens is 4. The Hall–Kier alpha value is -8.34. The second-order valence-corrected chi connectivity index (χ2v) is 16.2. The van der Waals surface area contributed by atoms with Crippen LogP contribution < -0.4 is 0 Å². The molecule has 0 aliphatic carbocycles. The molecule has 3 heterocycles. The first-order chi connectivity index (χ1) is 30.7. The summed E-state index contributed by atoms with van der Waals surface area (Å²) in [5.74, 6) is 0.806. The van der Waals surface area contributed by atoms with Crippen molar-refractivity contribution in [2.24, 2.45) is 0 Å². The average molecular weight is 789 g/mol. The number of benzene rings is 10. The average Bonchev–Trinajstić information content (AvgIpc) is 3.86. The lowest BCUT2D eigenvalue weighted by atomic mass is 10.00. The predicted octanol–water partition coefficient (Wildman–Crippen LogP) is 15.1. The molecule has 0 radical (unpaired) electrons. The maximum atomic E-state index is 5.49. The molecule has 0 spiro atoms. The summed E-state index contributed by atoms with van der Waals surface area (Å²) in [6.45, 7) is 0. The van der Waals surface area contributed by atoms with Crippen molar-refractivity contribution >= 4 is 76.2 Å². The van der Waals surface area contributed by atoms with Gasteiger partial charge in [-0.05, 0) is 98.4 Å². The van der Waals surface area contributed by atoms with E-state index in [1.807, 2.05) is 12.1 Å². The van der Waals surface area contributed by atoms with Crippen LogP contribution >= 0.6 is 0 Å². The first kappa shape index (κ1) is 34.5. The summed E-state index contributed by atoms with van der Waals surface area (Å²) >= 11 is 0. The van der Waals surface area contributed by atoms with Crippen molar-refractivity contribution < 1.29 is 0 Å². The minimum Gasteiger partial charge on any atom is -0.309 e. The first-order valence-electron chi connectivity index (χ1n) is 21.2.